The van der Waals surface area contributed by atoms with Gasteiger partial charge in [-0.3, -0.25) is 0 Å². The van der Waals surface area contributed by atoms with Crippen LogP contribution in [0.25, 0.3) is 0 Å². The van der Waals surface area contributed by atoms with E-state index in [1.165, 1.54) is 6.07 Å². The van der Waals surface area contributed by atoms with Gasteiger partial charge in [0, 0.05) is 31.0 Å². The van der Waals surface area contributed by atoms with E-state index < -0.39 is 0 Å². The van der Waals surface area contributed by atoms with Crippen LogP contribution in [0, 0.1) is 5.82 Å². The van der Waals surface area contributed by atoms with E-state index in [9.17, 15) is 4.39 Å². The van der Waals surface area contributed by atoms with Crippen molar-refractivity contribution in [2.75, 3.05) is 6.54 Å². The van der Waals surface area contributed by atoms with E-state index in [4.69, 9.17) is 0 Å². The van der Waals surface area contributed by atoms with Gasteiger partial charge in [0.25, 0.3) is 0 Å². The summed E-state index contributed by atoms with van der Waals surface area (Å²) in [5.74, 6) is -0.144. The highest BCUT2D eigenvalue weighted by atomic mass is 35.5. The quantitative estimate of drug-likeness (QED) is 0.696. The summed E-state index contributed by atoms with van der Waals surface area (Å²) in [4.78, 5) is 3.97. The molecule has 0 aliphatic rings. The molecule has 1 heterocycles. The molecule has 0 saturated carbocycles. The second kappa shape index (κ2) is 7.84. The molecule has 0 aliphatic carbocycles. The average molecular weight is 269 g/mol. The van der Waals surface area contributed by atoms with E-state index in [0.29, 0.717) is 6.54 Å². The maximum atomic E-state index is 13.3. The minimum atomic E-state index is -0.144. The Morgan fingerprint density at radius 2 is 2.11 bits per heavy atom. The summed E-state index contributed by atoms with van der Waals surface area (Å²) in [5, 5.41) is 3.23. The van der Waals surface area contributed by atoms with E-state index in [-0.39, 0.29) is 18.2 Å². The van der Waals surface area contributed by atoms with Gasteiger partial charge in [-0.2, -0.15) is 0 Å². The summed E-state index contributed by atoms with van der Waals surface area (Å²) >= 11 is 0. The molecule has 0 bridgehead atoms. The number of benzene rings is 1. The molecule has 0 atom stereocenters. The second-order valence-corrected chi connectivity index (χ2v) is 3.92. The Labute approximate surface area is 112 Å². The van der Waals surface area contributed by atoms with Crippen LogP contribution in [0.3, 0.4) is 0 Å². The van der Waals surface area contributed by atoms with Crippen LogP contribution in [0.5, 0.6) is 0 Å². The van der Waals surface area contributed by atoms with Gasteiger partial charge in [-0.05, 0) is 19.0 Å². The lowest BCUT2D eigenvalue weighted by Gasteiger charge is -2.06. The van der Waals surface area contributed by atoms with Gasteiger partial charge in [0.2, 0.25) is 0 Å². The molecule has 3 nitrogen and oxygen atoms in total. The van der Waals surface area contributed by atoms with E-state index in [2.05, 4.69) is 10.3 Å². The molecular formula is C13H16ClFN3-. The molecule has 1 N–H and O–H groups in total. The predicted molar refractivity (Wildman–Crippen MR) is 65.0 cm³/mol. The van der Waals surface area contributed by atoms with Crippen LogP contribution in [-0.2, 0) is 13.1 Å². The summed E-state index contributed by atoms with van der Waals surface area (Å²) < 4.78 is 15.3. The van der Waals surface area contributed by atoms with Crippen molar-refractivity contribution in [1.29, 1.82) is 0 Å². The summed E-state index contributed by atoms with van der Waals surface area (Å²) in [6.45, 7) is 2.38. The maximum Gasteiger partial charge on any atom is 0.127 e. The van der Waals surface area contributed by atoms with Gasteiger partial charge < -0.3 is 22.3 Å². The molecule has 1 aromatic heterocycles. The van der Waals surface area contributed by atoms with Crippen LogP contribution in [0.4, 0.5) is 4.39 Å². The standard InChI is InChI=1S/C13H16FN3.ClH/c14-13-5-2-1-4-12(13)10-15-6-3-8-17-9-7-16-11-17;/h1-2,4-5,7,9,11,15H,3,6,8,10H2;1H/p-1. The lowest BCUT2D eigenvalue weighted by Crippen LogP contribution is -3.00. The normalized spacial score (nSPS) is 10.1. The van der Waals surface area contributed by atoms with Crippen molar-refractivity contribution >= 4 is 0 Å². The Hall–Kier alpha value is -1.39. The topological polar surface area (TPSA) is 29.9 Å². The maximum absolute atomic E-state index is 13.3. The summed E-state index contributed by atoms with van der Waals surface area (Å²) in [6, 6.07) is 6.85. The van der Waals surface area contributed by atoms with Crippen molar-refractivity contribution < 1.29 is 16.8 Å². The monoisotopic (exact) mass is 268 g/mol. The largest absolute Gasteiger partial charge is 1.00 e. The van der Waals surface area contributed by atoms with Crippen LogP contribution in [0.2, 0.25) is 0 Å². The Morgan fingerprint density at radius 3 is 2.83 bits per heavy atom. The third-order valence-corrected chi connectivity index (χ3v) is 2.60. The molecule has 0 saturated heterocycles. The summed E-state index contributed by atoms with van der Waals surface area (Å²) in [6.07, 6.45) is 6.52. The molecule has 0 fully saturated rings. The highest BCUT2D eigenvalue weighted by Gasteiger charge is 1.98. The van der Waals surface area contributed by atoms with Gasteiger partial charge >= 0.3 is 0 Å². The third kappa shape index (κ3) is 4.47. The number of hydrogen-bond donors (Lipinski definition) is 1. The molecule has 0 unspecified atom stereocenters. The van der Waals surface area contributed by atoms with Crippen molar-refractivity contribution in [2.45, 2.75) is 19.5 Å². The predicted octanol–water partition coefficient (Wildman–Crippen LogP) is -0.794. The average Bonchev–Trinajstić information content (AvgIpc) is 2.84. The van der Waals surface area contributed by atoms with E-state index >= 15 is 0 Å². The zero-order chi connectivity index (χ0) is 11.9. The second-order valence-electron chi connectivity index (χ2n) is 3.92. The summed E-state index contributed by atoms with van der Waals surface area (Å²) in [7, 11) is 0. The zero-order valence-corrected chi connectivity index (χ0v) is 10.8. The van der Waals surface area contributed by atoms with Gasteiger partial charge in [-0.1, -0.05) is 18.2 Å². The minimum absolute atomic E-state index is 0. The first-order valence-corrected chi connectivity index (χ1v) is 5.76. The fourth-order valence-electron chi connectivity index (χ4n) is 1.67. The van der Waals surface area contributed by atoms with Crippen LogP contribution >= 0.6 is 0 Å². The van der Waals surface area contributed by atoms with Gasteiger partial charge in [0.05, 0.1) is 6.33 Å². The molecule has 0 aliphatic heterocycles. The van der Waals surface area contributed by atoms with E-state index in [1.54, 1.807) is 24.7 Å². The van der Waals surface area contributed by atoms with Crippen molar-refractivity contribution in [3.8, 4) is 0 Å². The van der Waals surface area contributed by atoms with Gasteiger partial charge in [-0.15, -0.1) is 0 Å². The molecule has 98 valence electrons. The first-order valence-electron chi connectivity index (χ1n) is 5.76. The van der Waals surface area contributed by atoms with E-state index in [1.807, 2.05) is 16.8 Å². The summed E-state index contributed by atoms with van der Waals surface area (Å²) in [5.41, 5.74) is 0.718. The number of halogens is 2. The van der Waals surface area contributed by atoms with Gasteiger partial charge in [-0.25, -0.2) is 9.37 Å². The van der Waals surface area contributed by atoms with Crippen LogP contribution < -0.4 is 17.7 Å². The fourth-order valence-corrected chi connectivity index (χ4v) is 1.67. The first kappa shape index (κ1) is 14.7. The number of hydrogen-bond acceptors (Lipinski definition) is 2. The van der Waals surface area contributed by atoms with Crippen molar-refractivity contribution in [3.05, 3.63) is 54.4 Å². The van der Waals surface area contributed by atoms with Crippen molar-refractivity contribution in [1.82, 2.24) is 14.9 Å². The van der Waals surface area contributed by atoms with Crippen molar-refractivity contribution in [2.24, 2.45) is 0 Å². The number of imidazole rings is 1. The SMILES string of the molecule is Fc1ccccc1CNCCCn1ccnc1.[Cl-]. The highest BCUT2D eigenvalue weighted by Crippen LogP contribution is 2.05. The van der Waals surface area contributed by atoms with Gasteiger partial charge in [0.15, 0.2) is 0 Å². The fraction of sp³-hybridized carbons (Fsp3) is 0.308. The molecule has 0 radical (unpaired) electrons. The lowest BCUT2D eigenvalue weighted by atomic mass is 10.2. The molecule has 5 heteroatoms. The van der Waals surface area contributed by atoms with Crippen LogP contribution in [0.15, 0.2) is 43.0 Å². The molecule has 1 aromatic carbocycles. The molecular weight excluding hydrogens is 253 g/mol. The number of nitrogens with one attached hydrogen (secondary N) is 1. The molecule has 2 aromatic rings. The van der Waals surface area contributed by atoms with Gasteiger partial charge in [0.1, 0.15) is 5.82 Å². The van der Waals surface area contributed by atoms with Crippen molar-refractivity contribution in [3.63, 3.8) is 0 Å². The van der Waals surface area contributed by atoms with Crippen LogP contribution in [-0.4, -0.2) is 16.1 Å². The zero-order valence-electron chi connectivity index (χ0n) is 10.0. The molecule has 0 amide bonds. The lowest BCUT2D eigenvalue weighted by molar-refractivity contribution is -0.00000416. The molecule has 2 rings (SSSR count). The Bertz CT molecular complexity index is 445. The molecule has 0 spiro atoms. The smallest absolute Gasteiger partial charge is 0.127 e. The van der Waals surface area contributed by atoms with Crippen LogP contribution in [0.1, 0.15) is 12.0 Å². The number of aryl methyl sites for hydroxylation is 1. The first-order chi connectivity index (χ1) is 8.36. The van der Waals surface area contributed by atoms with E-state index in [0.717, 1.165) is 25.1 Å². The molecule has 18 heavy (non-hydrogen) atoms. The minimum Gasteiger partial charge on any atom is -1.00 e. The third-order valence-electron chi connectivity index (χ3n) is 2.60. The number of rotatable bonds is 6. The Balaban J connectivity index is 0.00000162. The number of nitrogens with zero attached hydrogens (tertiary/aromatic N) is 2. The number of aromatic nitrogens is 2. The Kier molecular flexibility index (Phi) is 6.39. The Morgan fingerprint density at radius 1 is 1.28 bits per heavy atom. The highest BCUT2D eigenvalue weighted by molar-refractivity contribution is 5.16.